The molecule has 114 valence electrons. The first-order chi connectivity index (χ1) is 10.5. The molecule has 0 spiro atoms. The van der Waals surface area contributed by atoms with Crippen LogP contribution in [-0.2, 0) is 0 Å². The highest BCUT2D eigenvalue weighted by Crippen LogP contribution is 2.35. The van der Waals surface area contributed by atoms with E-state index in [1.54, 1.807) is 23.1 Å². The molecule has 1 amide bonds. The number of anilines is 1. The van der Waals surface area contributed by atoms with Gasteiger partial charge < -0.3 is 10.0 Å². The second kappa shape index (κ2) is 5.92. The molecule has 1 N–H and O–H groups in total. The summed E-state index contributed by atoms with van der Waals surface area (Å²) in [5.41, 5.74) is 3.08. The number of amides is 1. The first-order valence-corrected chi connectivity index (χ1v) is 7.78. The first-order valence-electron chi connectivity index (χ1n) is 7.03. The Kier molecular flexibility index (Phi) is 4.13. The van der Waals surface area contributed by atoms with E-state index in [0.29, 0.717) is 28.6 Å². The predicted octanol–water partition coefficient (Wildman–Crippen LogP) is 4.39. The molecule has 0 saturated carbocycles. The van der Waals surface area contributed by atoms with Crippen molar-refractivity contribution in [1.29, 1.82) is 0 Å². The maximum Gasteiger partial charge on any atom is 0.258 e. The summed E-state index contributed by atoms with van der Waals surface area (Å²) >= 11 is 11.9. The SMILES string of the molecule is Cc1ccc2c(c1)C(O)CCN2C(=O)c1ccc(Cl)c(Cl)c1. The molecular formula is C17H15Cl2NO2. The third-order valence-corrected chi connectivity index (χ3v) is 4.61. The number of aliphatic hydroxyl groups is 1. The van der Waals surface area contributed by atoms with Gasteiger partial charge in [0.05, 0.1) is 16.1 Å². The molecule has 2 aromatic carbocycles. The van der Waals surface area contributed by atoms with Crippen molar-refractivity contribution in [2.45, 2.75) is 19.4 Å². The van der Waals surface area contributed by atoms with Crippen LogP contribution < -0.4 is 4.90 Å². The number of benzene rings is 2. The van der Waals surface area contributed by atoms with E-state index in [4.69, 9.17) is 23.2 Å². The van der Waals surface area contributed by atoms with Gasteiger partial charge in [0, 0.05) is 23.4 Å². The molecule has 1 aliphatic rings. The van der Waals surface area contributed by atoms with Crippen LogP contribution in [0.1, 0.15) is 34.0 Å². The van der Waals surface area contributed by atoms with E-state index >= 15 is 0 Å². The summed E-state index contributed by atoms with van der Waals surface area (Å²) in [6.07, 6.45) is -0.0171. The summed E-state index contributed by atoms with van der Waals surface area (Å²) < 4.78 is 0. The van der Waals surface area contributed by atoms with Crippen molar-refractivity contribution < 1.29 is 9.90 Å². The second-order valence-electron chi connectivity index (χ2n) is 5.45. The lowest BCUT2D eigenvalue weighted by Crippen LogP contribution is -2.36. The van der Waals surface area contributed by atoms with Crippen molar-refractivity contribution >= 4 is 34.8 Å². The standard InChI is InChI=1S/C17H15Cl2NO2/c1-10-2-5-15-12(8-10)16(21)6-7-20(15)17(22)11-3-4-13(18)14(19)9-11/h2-5,8-9,16,21H,6-7H2,1H3. The van der Waals surface area contributed by atoms with Gasteiger partial charge in [0.2, 0.25) is 0 Å². The zero-order chi connectivity index (χ0) is 15.9. The Hall–Kier alpha value is -1.55. The van der Waals surface area contributed by atoms with Gasteiger partial charge >= 0.3 is 0 Å². The molecule has 0 saturated heterocycles. The van der Waals surface area contributed by atoms with E-state index in [1.165, 1.54) is 0 Å². The number of carbonyl (C=O) groups excluding carboxylic acids is 1. The third-order valence-electron chi connectivity index (χ3n) is 3.87. The average molecular weight is 336 g/mol. The van der Waals surface area contributed by atoms with Gasteiger partial charge in [-0.15, -0.1) is 0 Å². The van der Waals surface area contributed by atoms with E-state index in [1.807, 2.05) is 25.1 Å². The molecule has 0 fully saturated rings. The molecule has 0 bridgehead atoms. The molecule has 5 heteroatoms. The number of hydrogen-bond donors (Lipinski definition) is 1. The summed E-state index contributed by atoms with van der Waals surface area (Å²) in [6.45, 7) is 2.43. The molecule has 0 radical (unpaired) electrons. The lowest BCUT2D eigenvalue weighted by molar-refractivity contribution is 0.0970. The minimum atomic E-state index is -0.534. The predicted molar refractivity (Wildman–Crippen MR) is 88.9 cm³/mol. The quantitative estimate of drug-likeness (QED) is 0.839. The van der Waals surface area contributed by atoms with Gasteiger partial charge in [0.15, 0.2) is 0 Å². The van der Waals surface area contributed by atoms with Crippen LogP contribution >= 0.6 is 23.2 Å². The van der Waals surface area contributed by atoms with Gasteiger partial charge in [-0.05, 0) is 37.6 Å². The van der Waals surface area contributed by atoms with Gasteiger partial charge in [-0.1, -0.05) is 40.9 Å². The molecule has 0 aromatic heterocycles. The molecule has 1 unspecified atom stereocenters. The fourth-order valence-electron chi connectivity index (χ4n) is 2.71. The maximum atomic E-state index is 12.8. The van der Waals surface area contributed by atoms with Crippen LogP contribution in [-0.4, -0.2) is 17.6 Å². The first kappa shape index (κ1) is 15.3. The van der Waals surface area contributed by atoms with E-state index in [2.05, 4.69) is 0 Å². The lowest BCUT2D eigenvalue weighted by atomic mass is 9.96. The smallest absolute Gasteiger partial charge is 0.258 e. The van der Waals surface area contributed by atoms with Gasteiger partial charge in [-0.3, -0.25) is 4.79 Å². The van der Waals surface area contributed by atoms with Crippen molar-refractivity contribution in [3.8, 4) is 0 Å². The van der Waals surface area contributed by atoms with Crippen LogP contribution in [0.3, 0.4) is 0 Å². The van der Waals surface area contributed by atoms with Crippen LogP contribution in [0.15, 0.2) is 36.4 Å². The zero-order valence-electron chi connectivity index (χ0n) is 12.0. The van der Waals surface area contributed by atoms with Crippen LogP contribution in [0.4, 0.5) is 5.69 Å². The Balaban J connectivity index is 2.00. The molecule has 22 heavy (non-hydrogen) atoms. The van der Waals surface area contributed by atoms with Crippen molar-refractivity contribution in [3.05, 3.63) is 63.1 Å². The van der Waals surface area contributed by atoms with Gasteiger partial charge in [-0.25, -0.2) is 0 Å². The minimum absolute atomic E-state index is 0.143. The molecule has 0 aliphatic carbocycles. The highest BCUT2D eigenvalue weighted by atomic mass is 35.5. The Morgan fingerprint density at radius 3 is 2.68 bits per heavy atom. The number of carbonyl (C=O) groups is 1. The molecule has 1 atom stereocenters. The van der Waals surface area contributed by atoms with E-state index in [9.17, 15) is 9.90 Å². The maximum absolute atomic E-state index is 12.8. The zero-order valence-corrected chi connectivity index (χ0v) is 13.5. The number of fused-ring (bicyclic) bond motifs is 1. The number of aryl methyl sites for hydroxylation is 1. The summed E-state index contributed by atoms with van der Waals surface area (Å²) in [5.74, 6) is -0.143. The minimum Gasteiger partial charge on any atom is -0.388 e. The highest BCUT2D eigenvalue weighted by molar-refractivity contribution is 6.42. The summed E-state index contributed by atoms with van der Waals surface area (Å²) in [6, 6.07) is 10.6. The molecule has 2 aromatic rings. The van der Waals surface area contributed by atoms with E-state index < -0.39 is 6.10 Å². The topological polar surface area (TPSA) is 40.5 Å². The Morgan fingerprint density at radius 1 is 1.18 bits per heavy atom. The summed E-state index contributed by atoms with van der Waals surface area (Å²) in [4.78, 5) is 14.4. The molecule has 3 nitrogen and oxygen atoms in total. The van der Waals surface area contributed by atoms with Crippen LogP contribution in [0, 0.1) is 6.92 Å². The summed E-state index contributed by atoms with van der Waals surface area (Å²) in [7, 11) is 0. The Morgan fingerprint density at radius 2 is 1.95 bits per heavy atom. The second-order valence-corrected chi connectivity index (χ2v) is 6.27. The van der Waals surface area contributed by atoms with Crippen molar-refractivity contribution in [3.63, 3.8) is 0 Å². The van der Waals surface area contributed by atoms with Gasteiger partial charge in [0.25, 0.3) is 5.91 Å². The van der Waals surface area contributed by atoms with E-state index in [-0.39, 0.29) is 5.91 Å². The van der Waals surface area contributed by atoms with Crippen molar-refractivity contribution in [1.82, 2.24) is 0 Å². The number of halogens is 2. The van der Waals surface area contributed by atoms with Gasteiger partial charge in [0.1, 0.15) is 0 Å². The fraction of sp³-hybridized carbons (Fsp3) is 0.235. The number of hydrogen-bond acceptors (Lipinski definition) is 2. The Bertz CT molecular complexity index is 745. The highest BCUT2D eigenvalue weighted by Gasteiger charge is 2.28. The largest absolute Gasteiger partial charge is 0.388 e. The molecule has 1 aliphatic heterocycles. The fourth-order valence-corrected chi connectivity index (χ4v) is 3.01. The van der Waals surface area contributed by atoms with E-state index in [0.717, 1.165) is 16.8 Å². The van der Waals surface area contributed by atoms with Crippen LogP contribution in [0.5, 0.6) is 0 Å². The van der Waals surface area contributed by atoms with Gasteiger partial charge in [-0.2, -0.15) is 0 Å². The third kappa shape index (κ3) is 2.72. The molecule has 3 rings (SSSR count). The number of rotatable bonds is 1. The normalized spacial score (nSPS) is 17.3. The number of nitrogens with zero attached hydrogens (tertiary/aromatic N) is 1. The average Bonchev–Trinajstić information content (AvgIpc) is 2.50. The molecule has 1 heterocycles. The Labute approximate surface area is 139 Å². The van der Waals surface area contributed by atoms with Crippen LogP contribution in [0.25, 0.3) is 0 Å². The van der Waals surface area contributed by atoms with Crippen molar-refractivity contribution in [2.24, 2.45) is 0 Å². The lowest BCUT2D eigenvalue weighted by Gasteiger charge is -2.32. The number of aliphatic hydroxyl groups excluding tert-OH is 1. The summed E-state index contributed by atoms with van der Waals surface area (Å²) in [5, 5.41) is 10.9. The monoisotopic (exact) mass is 335 g/mol. The van der Waals surface area contributed by atoms with Crippen LogP contribution in [0.2, 0.25) is 10.0 Å². The van der Waals surface area contributed by atoms with Crippen molar-refractivity contribution in [2.75, 3.05) is 11.4 Å². The molecular weight excluding hydrogens is 321 g/mol.